The molecular weight excluding hydrogens is 384 g/mol. The van der Waals surface area contributed by atoms with E-state index in [0.29, 0.717) is 19.3 Å². The number of carbonyl (C=O) groups excluding carboxylic acids is 3. The number of carbonyl (C=O) groups is 3. The molecule has 4 aliphatic carbocycles. The van der Waals surface area contributed by atoms with Gasteiger partial charge >= 0.3 is 11.9 Å². The van der Waals surface area contributed by atoms with E-state index in [0.717, 1.165) is 31.3 Å². The number of rotatable bonds is 1. The van der Waals surface area contributed by atoms with Crippen LogP contribution in [-0.4, -0.2) is 42.6 Å². The molecule has 0 aromatic rings. The third-order valence-electron chi connectivity index (χ3n) is 10.1. The number of ketones is 1. The second-order valence-electron chi connectivity index (χ2n) is 10.9. The van der Waals surface area contributed by atoms with Crippen molar-refractivity contribution in [2.24, 2.45) is 34.5 Å². The minimum Gasteiger partial charge on any atom is -0.469 e. The highest BCUT2D eigenvalue weighted by molar-refractivity contribution is 5.92. The molecule has 5 fully saturated rings. The fourth-order valence-corrected chi connectivity index (χ4v) is 8.62. The Labute approximate surface area is 176 Å². The van der Waals surface area contributed by atoms with Crippen molar-refractivity contribution in [2.45, 2.75) is 76.6 Å². The van der Waals surface area contributed by atoms with Crippen LogP contribution in [0.5, 0.6) is 0 Å². The number of epoxide rings is 1. The summed E-state index contributed by atoms with van der Waals surface area (Å²) in [6.45, 7) is 4.52. The van der Waals surface area contributed by atoms with Gasteiger partial charge in [-0.25, -0.2) is 0 Å². The molecule has 2 saturated heterocycles. The van der Waals surface area contributed by atoms with Gasteiger partial charge in [0.2, 0.25) is 0 Å². The van der Waals surface area contributed by atoms with Crippen LogP contribution in [0.25, 0.3) is 0 Å². The number of methoxy groups -OCH3 is 1. The summed E-state index contributed by atoms with van der Waals surface area (Å²) in [5, 5.41) is 0. The summed E-state index contributed by atoms with van der Waals surface area (Å²) in [7, 11) is 1.46. The number of hydrogen-bond donors (Lipinski definition) is 0. The summed E-state index contributed by atoms with van der Waals surface area (Å²) in [4.78, 5) is 37.4. The lowest BCUT2D eigenvalue weighted by Gasteiger charge is -2.58. The van der Waals surface area contributed by atoms with E-state index in [4.69, 9.17) is 14.2 Å². The summed E-state index contributed by atoms with van der Waals surface area (Å²) < 4.78 is 17.7. The van der Waals surface area contributed by atoms with Crippen LogP contribution in [0.4, 0.5) is 0 Å². The van der Waals surface area contributed by atoms with Gasteiger partial charge in [-0.2, -0.15) is 0 Å². The zero-order valence-electron chi connectivity index (χ0n) is 17.9. The average molecular weight is 414 g/mol. The molecule has 1 spiro atoms. The fraction of sp³-hybridized carbons (Fsp3) is 0.792. The van der Waals surface area contributed by atoms with Gasteiger partial charge in [-0.3, -0.25) is 14.4 Å². The van der Waals surface area contributed by atoms with Gasteiger partial charge in [0.15, 0.2) is 5.78 Å². The molecule has 0 N–H and O–H groups in total. The van der Waals surface area contributed by atoms with E-state index < -0.39 is 5.60 Å². The molecule has 7 unspecified atom stereocenters. The van der Waals surface area contributed by atoms with E-state index in [1.807, 2.05) is 0 Å². The van der Waals surface area contributed by atoms with Gasteiger partial charge in [0, 0.05) is 24.2 Å². The molecular formula is C24H30O6. The van der Waals surface area contributed by atoms with E-state index in [2.05, 4.69) is 13.8 Å². The lowest BCUT2D eigenvalue weighted by atomic mass is 9.44. The SMILES string of the molecule is COC(=O)C1CC2=CC(=O)CC[C@]2(C)C2C3OC3[C@@]3(C)C(CCC34CCC(=O)O4)C12. The Morgan fingerprint density at radius 3 is 2.67 bits per heavy atom. The Hall–Kier alpha value is -1.69. The van der Waals surface area contributed by atoms with Crippen molar-refractivity contribution in [1.29, 1.82) is 0 Å². The normalized spacial score (nSPS) is 53.2. The first-order valence-electron chi connectivity index (χ1n) is 11.4. The third-order valence-corrected chi connectivity index (χ3v) is 10.1. The Kier molecular flexibility index (Phi) is 3.65. The van der Waals surface area contributed by atoms with Crippen molar-refractivity contribution in [1.82, 2.24) is 0 Å². The Morgan fingerprint density at radius 1 is 1.17 bits per heavy atom. The molecule has 0 bridgehead atoms. The number of ether oxygens (including phenoxy) is 3. The monoisotopic (exact) mass is 414 g/mol. The van der Waals surface area contributed by atoms with Crippen LogP contribution in [0.3, 0.4) is 0 Å². The van der Waals surface area contributed by atoms with Gasteiger partial charge in [0.25, 0.3) is 0 Å². The summed E-state index contributed by atoms with van der Waals surface area (Å²) in [6, 6.07) is 0. The molecule has 9 atom stereocenters. The van der Waals surface area contributed by atoms with Gasteiger partial charge in [-0.1, -0.05) is 19.4 Å². The molecule has 162 valence electrons. The van der Waals surface area contributed by atoms with Crippen LogP contribution in [0.1, 0.15) is 58.8 Å². The maximum atomic E-state index is 13.0. The largest absolute Gasteiger partial charge is 0.469 e. The van der Waals surface area contributed by atoms with Crippen LogP contribution in [0, 0.1) is 34.5 Å². The molecule has 0 radical (unpaired) electrons. The lowest BCUT2D eigenvalue weighted by Crippen LogP contribution is -2.61. The quantitative estimate of drug-likeness (QED) is 0.485. The van der Waals surface area contributed by atoms with Crippen molar-refractivity contribution in [3.63, 3.8) is 0 Å². The van der Waals surface area contributed by atoms with Crippen molar-refractivity contribution in [2.75, 3.05) is 7.11 Å². The highest BCUT2D eigenvalue weighted by atomic mass is 16.6. The Morgan fingerprint density at radius 2 is 1.97 bits per heavy atom. The summed E-state index contributed by atoms with van der Waals surface area (Å²) in [5.74, 6) is 0.176. The first-order chi connectivity index (χ1) is 14.2. The van der Waals surface area contributed by atoms with Crippen LogP contribution in [0.15, 0.2) is 11.6 Å². The standard InChI is InChI=1S/C24H30O6/c1-22-7-4-13(25)10-12(22)11-14(21(27)28-3)17-15-5-8-24(9-6-16(26)30-24)23(15,2)20-19(29-20)18(17)22/h10,14-15,17-20H,4-9,11H2,1-3H3/t14?,15?,17?,18?,19?,20?,22-,23+,24?/m0/s1. The average Bonchev–Trinajstić information content (AvgIpc) is 3.35. The van der Waals surface area contributed by atoms with Crippen molar-refractivity contribution in [3.05, 3.63) is 11.6 Å². The zero-order valence-corrected chi connectivity index (χ0v) is 17.9. The molecule has 3 saturated carbocycles. The zero-order chi connectivity index (χ0) is 21.1. The van der Waals surface area contributed by atoms with Gasteiger partial charge in [-0.15, -0.1) is 0 Å². The first kappa shape index (κ1) is 19.0. The highest BCUT2D eigenvalue weighted by Crippen LogP contribution is 2.75. The molecule has 2 aliphatic heterocycles. The number of allylic oxidation sites excluding steroid dienone is 1. The maximum absolute atomic E-state index is 13.0. The summed E-state index contributed by atoms with van der Waals surface area (Å²) >= 11 is 0. The van der Waals surface area contributed by atoms with E-state index in [-0.39, 0.29) is 64.4 Å². The van der Waals surface area contributed by atoms with Gasteiger partial charge in [0.05, 0.1) is 25.2 Å². The van der Waals surface area contributed by atoms with E-state index in [1.165, 1.54) is 7.11 Å². The lowest BCUT2D eigenvalue weighted by molar-refractivity contribution is -0.172. The van der Waals surface area contributed by atoms with E-state index in [1.54, 1.807) is 6.08 Å². The predicted molar refractivity (Wildman–Crippen MR) is 105 cm³/mol. The molecule has 6 nitrogen and oxygen atoms in total. The van der Waals surface area contributed by atoms with Crippen molar-refractivity contribution >= 4 is 17.7 Å². The molecule has 6 rings (SSSR count). The van der Waals surface area contributed by atoms with Gasteiger partial charge in [-0.05, 0) is 55.4 Å². The number of esters is 2. The molecule has 6 heteroatoms. The smallest absolute Gasteiger partial charge is 0.309 e. The van der Waals surface area contributed by atoms with E-state index >= 15 is 0 Å². The molecule has 0 aromatic heterocycles. The first-order valence-corrected chi connectivity index (χ1v) is 11.4. The predicted octanol–water partition coefficient (Wildman–Crippen LogP) is 2.98. The molecule has 0 aromatic carbocycles. The minimum atomic E-state index is -0.459. The second-order valence-corrected chi connectivity index (χ2v) is 10.9. The molecule has 0 amide bonds. The highest BCUT2D eigenvalue weighted by Gasteiger charge is 2.79. The third kappa shape index (κ3) is 2.07. The summed E-state index contributed by atoms with van der Waals surface area (Å²) in [6.07, 6.45) is 6.91. The maximum Gasteiger partial charge on any atom is 0.309 e. The Bertz CT molecular complexity index is 892. The van der Waals surface area contributed by atoms with Gasteiger partial charge in [0.1, 0.15) is 5.60 Å². The van der Waals surface area contributed by atoms with Crippen LogP contribution >= 0.6 is 0 Å². The van der Waals surface area contributed by atoms with Crippen molar-refractivity contribution in [3.8, 4) is 0 Å². The Balaban J connectivity index is 1.48. The van der Waals surface area contributed by atoms with Crippen molar-refractivity contribution < 1.29 is 28.6 Å². The number of fused-ring (bicyclic) bond motifs is 9. The van der Waals surface area contributed by atoms with Crippen LogP contribution < -0.4 is 0 Å². The van der Waals surface area contributed by atoms with Crippen LogP contribution in [0.2, 0.25) is 0 Å². The number of hydrogen-bond acceptors (Lipinski definition) is 6. The molecule has 6 aliphatic rings. The molecule has 30 heavy (non-hydrogen) atoms. The fourth-order valence-electron chi connectivity index (χ4n) is 8.62. The van der Waals surface area contributed by atoms with Gasteiger partial charge < -0.3 is 14.2 Å². The topological polar surface area (TPSA) is 82.2 Å². The van der Waals surface area contributed by atoms with Crippen LogP contribution in [-0.2, 0) is 28.6 Å². The minimum absolute atomic E-state index is 0.0552. The second kappa shape index (κ2) is 5.76. The molecule has 2 heterocycles. The summed E-state index contributed by atoms with van der Waals surface area (Å²) in [5.41, 5.74) is 0.262. The van der Waals surface area contributed by atoms with E-state index in [9.17, 15) is 14.4 Å².